The monoisotopic (exact) mass is 417 g/mol. The fraction of sp³-hybridized carbons (Fsp3) is 0.429. The van der Waals surface area contributed by atoms with Gasteiger partial charge in [-0.05, 0) is 36.5 Å². The van der Waals surface area contributed by atoms with E-state index in [4.69, 9.17) is 4.74 Å². The fourth-order valence-corrected chi connectivity index (χ4v) is 4.43. The van der Waals surface area contributed by atoms with Gasteiger partial charge < -0.3 is 10.1 Å². The number of carbonyl (C=O) groups excluding carboxylic acids is 2. The van der Waals surface area contributed by atoms with Crippen LogP contribution in [-0.2, 0) is 14.3 Å². The van der Waals surface area contributed by atoms with Gasteiger partial charge in [-0.15, -0.1) is 0 Å². The average Bonchev–Trinajstić information content (AvgIpc) is 2.52. The molecule has 138 valence electrons. The van der Waals surface area contributed by atoms with E-state index in [1.807, 2.05) is 24.3 Å². The first-order valence-corrected chi connectivity index (χ1v) is 9.67. The Bertz CT molecular complexity index is 809. The molecule has 1 N–H and O–H groups in total. The fourth-order valence-electron chi connectivity index (χ4n) is 4.02. The summed E-state index contributed by atoms with van der Waals surface area (Å²) in [6.07, 6.45) is 1.23. The molecule has 1 heterocycles. The first-order valence-electron chi connectivity index (χ1n) is 8.87. The lowest BCUT2D eigenvalue weighted by Gasteiger charge is -2.42. The highest BCUT2D eigenvalue weighted by molar-refractivity contribution is 9.10. The van der Waals surface area contributed by atoms with Gasteiger partial charge >= 0.3 is 5.97 Å². The third-order valence-electron chi connectivity index (χ3n) is 5.00. The molecule has 0 fully saturated rings. The number of hydrogen-bond donors (Lipinski definition) is 1. The smallest absolute Gasteiger partial charge is 0.315 e. The minimum absolute atomic E-state index is 0.0931. The maximum absolute atomic E-state index is 13.1. The lowest BCUT2D eigenvalue weighted by molar-refractivity contribution is -0.147. The van der Waals surface area contributed by atoms with Gasteiger partial charge in [-0.1, -0.05) is 48.5 Å². The standard InChI is InChI=1S/C21H24BrNO3/c1-5-26-20(25)17-12(2)23-15-10-21(3,4)11-16(24)19(15)18(17)13-7-6-8-14(22)9-13/h6-9,17-18,23H,2,5,10-11H2,1,3-4H3. The van der Waals surface area contributed by atoms with E-state index in [2.05, 4.69) is 41.7 Å². The molecule has 1 aromatic carbocycles. The highest BCUT2D eigenvalue weighted by Gasteiger charge is 2.46. The molecule has 0 aromatic heterocycles. The van der Waals surface area contributed by atoms with Crippen LogP contribution in [0.5, 0.6) is 0 Å². The summed E-state index contributed by atoms with van der Waals surface area (Å²) in [6.45, 7) is 10.3. The van der Waals surface area contributed by atoms with E-state index in [0.29, 0.717) is 24.3 Å². The van der Waals surface area contributed by atoms with Crippen molar-refractivity contribution >= 4 is 27.7 Å². The van der Waals surface area contributed by atoms with E-state index < -0.39 is 5.92 Å². The van der Waals surface area contributed by atoms with Gasteiger partial charge in [0.05, 0.1) is 6.61 Å². The van der Waals surface area contributed by atoms with Crippen LogP contribution in [0, 0.1) is 11.3 Å². The molecule has 0 saturated heterocycles. The van der Waals surface area contributed by atoms with Crippen molar-refractivity contribution in [3.8, 4) is 0 Å². The summed E-state index contributed by atoms with van der Waals surface area (Å²) in [5.41, 5.74) is 3.00. The third kappa shape index (κ3) is 3.50. The summed E-state index contributed by atoms with van der Waals surface area (Å²) in [5, 5.41) is 3.26. The highest BCUT2D eigenvalue weighted by atomic mass is 79.9. The summed E-state index contributed by atoms with van der Waals surface area (Å²) in [7, 11) is 0. The molecule has 1 aliphatic carbocycles. The van der Waals surface area contributed by atoms with Crippen molar-refractivity contribution in [3.05, 3.63) is 57.8 Å². The lowest BCUT2D eigenvalue weighted by Crippen LogP contribution is -2.43. The van der Waals surface area contributed by atoms with Gasteiger partial charge in [0.2, 0.25) is 0 Å². The molecule has 1 aliphatic heterocycles. The van der Waals surface area contributed by atoms with Crippen LogP contribution in [0.15, 0.2) is 52.3 Å². The molecule has 4 nitrogen and oxygen atoms in total. The van der Waals surface area contributed by atoms with E-state index in [-0.39, 0.29) is 23.1 Å². The van der Waals surface area contributed by atoms with Gasteiger partial charge in [0, 0.05) is 33.8 Å². The van der Waals surface area contributed by atoms with E-state index in [0.717, 1.165) is 22.2 Å². The number of allylic oxidation sites excluding steroid dienone is 2. The number of halogens is 1. The van der Waals surface area contributed by atoms with Crippen LogP contribution in [0.1, 0.15) is 45.1 Å². The number of hydrogen-bond acceptors (Lipinski definition) is 4. The topological polar surface area (TPSA) is 55.4 Å². The first-order chi connectivity index (χ1) is 12.2. The van der Waals surface area contributed by atoms with E-state index in [1.54, 1.807) is 6.92 Å². The second-order valence-corrected chi connectivity index (χ2v) is 8.66. The van der Waals surface area contributed by atoms with E-state index >= 15 is 0 Å². The summed E-state index contributed by atoms with van der Waals surface area (Å²) in [5.74, 6) is -1.25. The number of benzene rings is 1. The number of carbonyl (C=O) groups is 2. The largest absolute Gasteiger partial charge is 0.465 e. The molecule has 2 unspecified atom stereocenters. The second kappa shape index (κ2) is 7.03. The Balaban J connectivity index is 2.17. The molecule has 3 rings (SSSR count). The zero-order valence-electron chi connectivity index (χ0n) is 15.4. The highest BCUT2D eigenvalue weighted by Crippen LogP contribution is 2.48. The predicted molar refractivity (Wildman–Crippen MR) is 104 cm³/mol. The number of Topliss-reactive ketones (excluding diaryl/α,β-unsaturated/α-hetero) is 1. The lowest BCUT2D eigenvalue weighted by atomic mass is 9.66. The zero-order valence-corrected chi connectivity index (χ0v) is 17.0. The maximum Gasteiger partial charge on any atom is 0.315 e. The van der Waals surface area contributed by atoms with E-state index in [9.17, 15) is 9.59 Å². The molecule has 26 heavy (non-hydrogen) atoms. The molecule has 0 amide bonds. The molecule has 0 bridgehead atoms. The molecule has 5 heteroatoms. The van der Waals surface area contributed by atoms with Crippen molar-refractivity contribution in [3.63, 3.8) is 0 Å². The number of ketones is 1. The van der Waals surface area contributed by atoms with Gasteiger partial charge in [0.25, 0.3) is 0 Å². The molecular weight excluding hydrogens is 394 g/mol. The van der Waals surface area contributed by atoms with Crippen LogP contribution in [0.3, 0.4) is 0 Å². The van der Waals surface area contributed by atoms with Gasteiger partial charge in [-0.2, -0.15) is 0 Å². The number of rotatable bonds is 3. The average molecular weight is 418 g/mol. The zero-order chi connectivity index (χ0) is 19.1. The Labute approximate surface area is 162 Å². The van der Waals surface area contributed by atoms with Crippen LogP contribution in [0.2, 0.25) is 0 Å². The van der Waals surface area contributed by atoms with Gasteiger partial charge in [-0.25, -0.2) is 0 Å². The van der Waals surface area contributed by atoms with Crippen molar-refractivity contribution < 1.29 is 14.3 Å². The van der Waals surface area contributed by atoms with Crippen LogP contribution < -0.4 is 5.32 Å². The van der Waals surface area contributed by atoms with E-state index in [1.165, 1.54) is 0 Å². The van der Waals surface area contributed by atoms with Crippen molar-refractivity contribution in [1.29, 1.82) is 0 Å². The van der Waals surface area contributed by atoms with Crippen molar-refractivity contribution in [2.45, 2.75) is 39.5 Å². The minimum Gasteiger partial charge on any atom is -0.465 e. The molecule has 0 radical (unpaired) electrons. The molecule has 0 spiro atoms. The second-order valence-electron chi connectivity index (χ2n) is 7.75. The molecule has 1 aromatic rings. The van der Waals surface area contributed by atoms with Crippen molar-refractivity contribution in [2.24, 2.45) is 11.3 Å². The Kier molecular flexibility index (Phi) is 5.11. The Morgan fingerprint density at radius 1 is 1.38 bits per heavy atom. The normalized spacial score (nSPS) is 24.8. The van der Waals surface area contributed by atoms with Gasteiger partial charge in [0.1, 0.15) is 5.92 Å². The SMILES string of the molecule is C=C1NC2=C(C(=O)CC(C)(C)C2)C(c2cccc(Br)c2)C1C(=O)OCC. The number of esters is 1. The molecule has 2 aliphatic rings. The number of ether oxygens (including phenoxy) is 1. The van der Waals surface area contributed by atoms with Crippen molar-refractivity contribution in [1.82, 2.24) is 5.32 Å². The number of nitrogens with one attached hydrogen (secondary N) is 1. The maximum atomic E-state index is 13.1. The van der Waals surface area contributed by atoms with Crippen LogP contribution in [0.25, 0.3) is 0 Å². The Morgan fingerprint density at radius 3 is 2.77 bits per heavy atom. The molecular formula is C21H24BrNO3. The third-order valence-corrected chi connectivity index (χ3v) is 5.49. The Morgan fingerprint density at radius 2 is 2.12 bits per heavy atom. The summed E-state index contributed by atoms with van der Waals surface area (Å²) in [6, 6.07) is 7.77. The van der Waals surface area contributed by atoms with Crippen molar-refractivity contribution in [2.75, 3.05) is 6.61 Å². The molecule has 0 saturated carbocycles. The van der Waals surface area contributed by atoms with Crippen LogP contribution >= 0.6 is 15.9 Å². The summed E-state index contributed by atoms with van der Waals surface area (Å²) < 4.78 is 6.21. The minimum atomic E-state index is -0.617. The quantitative estimate of drug-likeness (QED) is 0.736. The van der Waals surface area contributed by atoms with Gasteiger partial charge in [0.15, 0.2) is 5.78 Å². The predicted octanol–water partition coefficient (Wildman–Crippen LogP) is 4.47. The Hall–Kier alpha value is -1.88. The van der Waals surface area contributed by atoms with Crippen LogP contribution in [0.4, 0.5) is 0 Å². The first kappa shape index (κ1) is 18.9. The van der Waals surface area contributed by atoms with Gasteiger partial charge in [-0.3, -0.25) is 9.59 Å². The van der Waals surface area contributed by atoms with Crippen LogP contribution in [-0.4, -0.2) is 18.4 Å². The summed E-state index contributed by atoms with van der Waals surface area (Å²) >= 11 is 3.50. The molecule has 2 atom stereocenters. The summed E-state index contributed by atoms with van der Waals surface area (Å²) in [4.78, 5) is 25.8.